The number of ketones is 1. The summed E-state index contributed by atoms with van der Waals surface area (Å²) in [4.78, 5) is 15.1. The van der Waals surface area contributed by atoms with Crippen LogP contribution in [0.1, 0.15) is 46.8 Å². The van der Waals surface area contributed by atoms with Gasteiger partial charge in [-0.2, -0.15) is 0 Å². The average molecular weight is 323 g/mol. The number of hydrogen-bond donors (Lipinski definition) is 0. The SMILES string of the molecule is COc1ccc(C(=O)CN2CCc3ccccc3C2)c(C(C)C)c1. The summed E-state index contributed by atoms with van der Waals surface area (Å²) in [6, 6.07) is 14.3. The fraction of sp³-hybridized carbons (Fsp3) is 0.381. The molecular formula is C21H25NO2. The summed E-state index contributed by atoms with van der Waals surface area (Å²) in [7, 11) is 1.66. The minimum Gasteiger partial charge on any atom is -0.497 e. The van der Waals surface area contributed by atoms with E-state index in [-0.39, 0.29) is 5.78 Å². The van der Waals surface area contributed by atoms with Gasteiger partial charge in [0.2, 0.25) is 0 Å². The first kappa shape index (κ1) is 16.7. The maximum absolute atomic E-state index is 12.9. The van der Waals surface area contributed by atoms with Crippen molar-refractivity contribution < 1.29 is 9.53 Å². The zero-order chi connectivity index (χ0) is 17.1. The predicted octanol–water partition coefficient (Wildman–Crippen LogP) is 4.06. The fourth-order valence-corrected chi connectivity index (χ4v) is 3.38. The van der Waals surface area contributed by atoms with E-state index in [0.717, 1.165) is 36.4 Å². The van der Waals surface area contributed by atoms with Gasteiger partial charge in [-0.05, 0) is 47.2 Å². The van der Waals surface area contributed by atoms with Crippen molar-refractivity contribution in [3.8, 4) is 5.75 Å². The summed E-state index contributed by atoms with van der Waals surface area (Å²) < 4.78 is 5.31. The van der Waals surface area contributed by atoms with Gasteiger partial charge in [-0.1, -0.05) is 38.1 Å². The highest BCUT2D eigenvalue weighted by Gasteiger charge is 2.21. The van der Waals surface area contributed by atoms with Crippen molar-refractivity contribution in [1.82, 2.24) is 4.90 Å². The van der Waals surface area contributed by atoms with E-state index < -0.39 is 0 Å². The van der Waals surface area contributed by atoms with Gasteiger partial charge < -0.3 is 4.74 Å². The second-order valence-corrected chi connectivity index (χ2v) is 6.76. The Balaban J connectivity index is 1.76. The Morgan fingerprint density at radius 3 is 2.62 bits per heavy atom. The molecule has 0 saturated carbocycles. The molecule has 2 aromatic carbocycles. The van der Waals surface area contributed by atoms with Gasteiger partial charge in [0, 0.05) is 18.7 Å². The molecule has 0 unspecified atom stereocenters. The van der Waals surface area contributed by atoms with Crippen LogP contribution < -0.4 is 4.74 Å². The monoisotopic (exact) mass is 323 g/mol. The van der Waals surface area contributed by atoms with Crippen LogP contribution in [0.15, 0.2) is 42.5 Å². The summed E-state index contributed by atoms with van der Waals surface area (Å²) in [5, 5.41) is 0. The molecule has 0 amide bonds. The van der Waals surface area contributed by atoms with E-state index in [2.05, 4.69) is 43.0 Å². The molecule has 3 rings (SSSR count). The number of fused-ring (bicyclic) bond motifs is 1. The van der Waals surface area contributed by atoms with Crippen molar-refractivity contribution >= 4 is 5.78 Å². The van der Waals surface area contributed by atoms with Crippen molar-refractivity contribution in [2.24, 2.45) is 0 Å². The molecule has 126 valence electrons. The Morgan fingerprint density at radius 1 is 1.17 bits per heavy atom. The Morgan fingerprint density at radius 2 is 1.92 bits per heavy atom. The molecule has 0 spiro atoms. The molecule has 0 aliphatic carbocycles. The highest BCUT2D eigenvalue weighted by atomic mass is 16.5. The van der Waals surface area contributed by atoms with Crippen LogP contribution in [0.2, 0.25) is 0 Å². The Labute approximate surface area is 144 Å². The number of hydrogen-bond acceptors (Lipinski definition) is 3. The average Bonchev–Trinajstić information content (AvgIpc) is 2.61. The van der Waals surface area contributed by atoms with Crippen LogP contribution in [0.25, 0.3) is 0 Å². The van der Waals surface area contributed by atoms with Crippen LogP contribution in [0.3, 0.4) is 0 Å². The minimum absolute atomic E-state index is 0.195. The molecule has 3 nitrogen and oxygen atoms in total. The van der Waals surface area contributed by atoms with E-state index >= 15 is 0 Å². The number of carbonyl (C=O) groups is 1. The molecule has 1 heterocycles. The maximum Gasteiger partial charge on any atom is 0.177 e. The van der Waals surface area contributed by atoms with Crippen LogP contribution in [0, 0.1) is 0 Å². The molecule has 0 radical (unpaired) electrons. The number of rotatable bonds is 5. The van der Waals surface area contributed by atoms with Crippen LogP contribution in [-0.4, -0.2) is 30.9 Å². The second-order valence-electron chi connectivity index (χ2n) is 6.76. The lowest BCUT2D eigenvalue weighted by molar-refractivity contribution is 0.0920. The number of methoxy groups -OCH3 is 1. The highest BCUT2D eigenvalue weighted by molar-refractivity contribution is 5.99. The number of ether oxygens (including phenoxy) is 1. The van der Waals surface area contributed by atoms with Gasteiger partial charge in [-0.15, -0.1) is 0 Å². The third kappa shape index (κ3) is 3.51. The van der Waals surface area contributed by atoms with E-state index in [9.17, 15) is 4.79 Å². The third-order valence-corrected chi connectivity index (χ3v) is 4.76. The summed E-state index contributed by atoms with van der Waals surface area (Å²) in [5.74, 6) is 1.30. The van der Waals surface area contributed by atoms with Gasteiger partial charge in [0.25, 0.3) is 0 Å². The van der Waals surface area contributed by atoms with Crippen molar-refractivity contribution in [1.29, 1.82) is 0 Å². The maximum atomic E-state index is 12.9. The Hall–Kier alpha value is -2.13. The lowest BCUT2D eigenvalue weighted by Gasteiger charge is -2.28. The second kappa shape index (κ2) is 7.18. The smallest absolute Gasteiger partial charge is 0.177 e. The summed E-state index contributed by atoms with van der Waals surface area (Å²) in [6.07, 6.45) is 1.02. The van der Waals surface area contributed by atoms with Gasteiger partial charge in [0.15, 0.2) is 5.78 Å². The zero-order valence-electron chi connectivity index (χ0n) is 14.7. The van der Waals surface area contributed by atoms with Crippen molar-refractivity contribution in [3.63, 3.8) is 0 Å². The molecule has 3 heteroatoms. The molecule has 0 N–H and O–H groups in total. The first-order chi connectivity index (χ1) is 11.6. The largest absolute Gasteiger partial charge is 0.497 e. The quantitative estimate of drug-likeness (QED) is 0.777. The third-order valence-electron chi connectivity index (χ3n) is 4.76. The van der Waals surface area contributed by atoms with Crippen molar-refractivity contribution in [2.45, 2.75) is 32.7 Å². The van der Waals surface area contributed by atoms with Crippen LogP contribution >= 0.6 is 0 Å². The molecule has 0 atom stereocenters. The van der Waals surface area contributed by atoms with E-state index in [1.54, 1.807) is 7.11 Å². The van der Waals surface area contributed by atoms with Crippen LogP contribution in [0.4, 0.5) is 0 Å². The lowest BCUT2D eigenvalue weighted by atomic mass is 9.93. The highest BCUT2D eigenvalue weighted by Crippen LogP contribution is 2.26. The molecule has 24 heavy (non-hydrogen) atoms. The van der Waals surface area contributed by atoms with E-state index in [1.807, 2.05) is 18.2 Å². The van der Waals surface area contributed by atoms with Gasteiger partial charge in [0.05, 0.1) is 13.7 Å². The first-order valence-electron chi connectivity index (χ1n) is 8.58. The molecule has 0 saturated heterocycles. The van der Waals surface area contributed by atoms with E-state index in [1.165, 1.54) is 11.1 Å². The normalized spacial score (nSPS) is 14.5. The molecule has 0 bridgehead atoms. The van der Waals surface area contributed by atoms with E-state index in [4.69, 9.17) is 4.74 Å². The number of benzene rings is 2. The van der Waals surface area contributed by atoms with Crippen LogP contribution in [-0.2, 0) is 13.0 Å². The lowest BCUT2D eigenvalue weighted by Crippen LogP contribution is -2.35. The first-order valence-corrected chi connectivity index (χ1v) is 8.58. The molecule has 1 aliphatic rings. The summed E-state index contributed by atoms with van der Waals surface area (Å²) in [6.45, 7) is 6.50. The van der Waals surface area contributed by atoms with Crippen LogP contribution in [0.5, 0.6) is 5.75 Å². The Bertz CT molecular complexity index is 736. The molecule has 2 aromatic rings. The van der Waals surface area contributed by atoms with Gasteiger partial charge in [0.1, 0.15) is 5.75 Å². The molecule has 0 aromatic heterocycles. The molecular weight excluding hydrogens is 298 g/mol. The number of Topliss-reactive ketones (excluding diaryl/α,β-unsaturated/α-hetero) is 1. The van der Waals surface area contributed by atoms with Gasteiger partial charge in [-0.25, -0.2) is 0 Å². The van der Waals surface area contributed by atoms with Crippen molar-refractivity contribution in [3.05, 3.63) is 64.7 Å². The molecule has 1 aliphatic heterocycles. The van der Waals surface area contributed by atoms with Crippen molar-refractivity contribution in [2.75, 3.05) is 20.2 Å². The number of nitrogens with zero attached hydrogens (tertiary/aromatic N) is 1. The standard InChI is InChI=1S/C21H25NO2/c1-15(2)20-12-18(24-3)8-9-19(20)21(23)14-22-11-10-16-6-4-5-7-17(16)13-22/h4-9,12,15H,10-11,13-14H2,1-3H3. The molecule has 0 fully saturated rings. The summed E-state index contributed by atoms with van der Waals surface area (Å²) in [5.41, 5.74) is 4.64. The minimum atomic E-state index is 0.195. The Kier molecular flexibility index (Phi) is 5.00. The van der Waals surface area contributed by atoms with Gasteiger partial charge in [-0.3, -0.25) is 9.69 Å². The topological polar surface area (TPSA) is 29.5 Å². The number of carbonyl (C=O) groups excluding carboxylic acids is 1. The summed E-state index contributed by atoms with van der Waals surface area (Å²) >= 11 is 0. The zero-order valence-corrected chi connectivity index (χ0v) is 14.7. The predicted molar refractivity (Wildman–Crippen MR) is 96.8 cm³/mol. The van der Waals surface area contributed by atoms with E-state index in [0.29, 0.717) is 12.5 Å². The van der Waals surface area contributed by atoms with Gasteiger partial charge >= 0.3 is 0 Å². The fourth-order valence-electron chi connectivity index (χ4n) is 3.38.